The number of hydrogen-bond donors (Lipinski definition) is 1. The van der Waals surface area contributed by atoms with E-state index < -0.39 is 5.97 Å². The van der Waals surface area contributed by atoms with Gasteiger partial charge in [-0.15, -0.1) is 11.3 Å². The molecule has 1 aromatic heterocycles. The Morgan fingerprint density at radius 1 is 1.34 bits per heavy atom. The minimum atomic E-state index is -0.434. The summed E-state index contributed by atoms with van der Waals surface area (Å²) in [5.74, 6) is 0.0220. The van der Waals surface area contributed by atoms with Crippen LogP contribution in [0, 0.1) is 0 Å². The SMILES string of the molecule is COc1cc(/C=N\NC(=O)Cc2csc(N3CCOCC3)n2)ccc1OC(C)=O. The molecular weight excluding hydrogens is 396 g/mol. The van der Waals surface area contributed by atoms with E-state index in [0.29, 0.717) is 36.0 Å². The number of hydrazone groups is 1. The summed E-state index contributed by atoms with van der Waals surface area (Å²) in [5.41, 5.74) is 3.88. The van der Waals surface area contributed by atoms with Gasteiger partial charge >= 0.3 is 5.97 Å². The number of ether oxygens (including phenoxy) is 3. The van der Waals surface area contributed by atoms with Crippen LogP contribution >= 0.6 is 11.3 Å². The summed E-state index contributed by atoms with van der Waals surface area (Å²) in [4.78, 5) is 29.9. The molecule has 3 rings (SSSR count). The van der Waals surface area contributed by atoms with Crippen molar-refractivity contribution >= 4 is 34.6 Å². The highest BCUT2D eigenvalue weighted by Gasteiger charge is 2.15. The predicted octanol–water partition coefficient (Wildman–Crippen LogP) is 1.61. The minimum absolute atomic E-state index is 0.146. The molecular formula is C19H22N4O5S. The molecule has 10 heteroatoms. The fourth-order valence-corrected chi connectivity index (χ4v) is 3.54. The zero-order valence-electron chi connectivity index (χ0n) is 16.2. The van der Waals surface area contributed by atoms with Crippen molar-refractivity contribution in [1.29, 1.82) is 0 Å². The summed E-state index contributed by atoms with van der Waals surface area (Å²) in [6.07, 6.45) is 1.63. The van der Waals surface area contributed by atoms with E-state index in [1.165, 1.54) is 31.6 Å². The van der Waals surface area contributed by atoms with E-state index in [9.17, 15) is 9.59 Å². The number of anilines is 1. The number of amides is 1. The monoisotopic (exact) mass is 418 g/mol. The van der Waals surface area contributed by atoms with Gasteiger partial charge in [-0.25, -0.2) is 10.4 Å². The molecule has 1 aliphatic rings. The number of carbonyl (C=O) groups is 2. The third-order valence-electron chi connectivity index (χ3n) is 4.01. The quantitative estimate of drug-likeness (QED) is 0.315. The van der Waals surface area contributed by atoms with Crippen molar-refractivity contribution < 1.29 is 23.8 Å². The lowest BCUT2D eigenvalue weighted by Crippen LogP contribution is -2.36. The molecule has 1 aliphatic heterocycles. The third-order valence-corrected chi connectivity index (χ3v) is 4.96. The minimum Gasteiger partial charge on any atom is -0.493 e. The molecule has 29 heavy (non-hydrogen) atoms. The van der Waals surface area contributed by atoms with Crippen LogP contribution in [0.15, 0.2) is 28.7 Å². The lowest BCUT2D eigenvalue weighted by molar-refractivity contribution is -0.132. The van der Waals surface area contributed by atoms with Gasteiger partial charge < -0.3 is 19.1 Å². The van der Waals surface area contributed by atoms with Gasteiger partial charge in [-0.3, -0.25) is 9.59 Å². The maximum atomic E-state index is 12.1. The molecule has 0 aliphatic carbocycles. The van der Waals surface area contributed by atoms with Crippen molar-refractivity contribution in [2.24, 2.45) is 5.10 Å². The Kier molecular flexibility index (Phi) is 7.14. The molecule has 1 fully saturated rings. The number of esters is 1. The topological polar surface area (TPSA) is 102 Å². The molecule has 1 aromatic carbocycles. The van der Waals surface area contributed by atoms with E-state index in [1.54, 1.807) is 18.2 Å². The van der Waals surface area contributed by atoms with E-state index in [2.05, 4.69) is 20.4 Å². The third kappa shape index (κ3) is 6.00. The maximum absolute atomic E-state index is 12.1. The van der Waals surface area contributed by atoms with Crippen molar-refractivity contribution in [3.05, 3.63) is 34.8 Å². The molecule has 0 atom stereocenters. The number of benzene rings is 1. The zero-order valence-corrected chi connectivity index (χ0v) is 17.0. The number of thiazole rings is 1. The smallest absolute Gasteiger partial charge is 0.308 e. The van der Waals surface area contributed by atoms with Gasteiger partial charge in [-0.05, 0) is 23.8 Å². The summed E-state index contributed by atoms with van der Waals surface area (Å²) in [7, 11) is 1.48. The molecule has 0 saturated carbocycles. The normalized spacial score (nSPS) is 14.1. The van der Waals surface area contributed by atoms with Crippen LogP contribution in [0.3, 0.4) is 0 Å². The van der Waals surface area contributed by atoms with E-state index in [-0.39, 0.29) is 12.3 Å². The second kappa shape index (κ2) is 9.99. The number of hydrogen-bond acceptors (Lipinski definition) is 9. The summed E-state index contributed by atoms with van der Waals surface area (Å²) in [5, 5.41) is 6.75. The highest BCUT2D eigenvalue weighted by molar-refractivity contribution is 7.13. The summed E-state index contributed by atoms with van der Waals surface area (Å²) < 4.78 is 15.6. The van der Waals surface area contributed by atoms with Crippen LogP contribution in [0.1, 0.15) is 18.2 Å². The second-order valence-electron chi connectivity index (χ2n) is 6.19. The number of morpholine rings is 1. The van der Waals surface area contributed by atoms with Gasteiger partial charge in [0.2, 0.25) is 5.91 Å². The van der Waals surface area contributed by atoms with Crippen LogP contribution in [-0.2, 0) is 20.7 Å². The van der Waals surface area contributed by atoms with E-state index >= 15 is 0 Å². The van der Waals surface area contributed by atoms with Crippen molar-refractivity contribution in [1.82, 2.24) is 10.4 Å². The van der Waals surface area contributed by atoms with Gasteiger partial charge in [-0.1, -0.05) is 0 Å². The first-order chi connectivity index (χ1) is 14.0. The van der Waals surface area contributed by atoms with Crippen molar-refractivity contribution in [3.8, 4) is 11.5 Å². The summed E-state index contributed by atoms with van der Waals surface area (Å²) in [6.45, 7) is 4.32. The van der Waals surface area contributed by atoms with Gasteiger partial charge in [0, 0.05) is 25.4 Å². The highest BCUT2D eigenvalue weighted by Crippen LogP contribution is 2.27. The Morgan fingerprint density at radius 2 is 2.14 bits per heavy atom. The first-order valence-corrected chi connectivity index (χ1v) is 9.88. The lowest BCUT2D eigenvalue weighted by Gasteiger charge is -2.26. The van der Waals surface area contributed by atoms with Gasteiger partial charge in [0.1, 0.15) is 0 Å². The fraction of sp³-hybridized carbons (Fsp3) is 0.368. The molecule has 154 valence electrons. The van der Waals surface area contributed by atoms with E-state index in [4.69, 9.17) is 14.2 Å². The zero-order chi connectivity index (χ0) is 20.6. The number of rotatable bonds is 7. The molecule has 0 radical (unpaired) electrons. The van der Waals surface area contributed by atoms with Gasteiger partial charge in [0.05, 0.1) is 38.7 Å². The number of nitrogens with zero attached hydrogens (tertiary/aromatic N) is 3. The van der Waals surface area contributed by atoms with Crippen LogP contribution in [0.2, 0.25) is 0 Å². The Balaban J connectivity index is 1.53. The van der Waals surface area contributed by atoms with Crippen molar-refractivity contribution in [2.75, 3.05) is 38.3 Å². The summed E-state index contributed by atoms with van der Waals surface area (Å²) >= 11 is 1.52. The number of nitrogens with one attached hydrogen (secondary N) is 1. The van der Waals surface area contributed by atoms with Gasteiger partial charge in [0.25, 0.3) is 0 Å². The molecule has 1 amide bonds. The van der Waals surface area contributed by atoms with Crippen LogP contribution < -0.4 is 19.8 Å². The van der Waals surface area contributed by atoms with Crippen LogP contribution in [0.4, 0.5) is 5.13 Å². The Labute approximate surface area is 172 Å². The van der Waals surface area contributed by atoms with Gasteiger partial charge in [0.15, 0.2) is 16.6 Å². The first-order valence-electron chi connectivity index (χ1n) is 9.00. The van der Waals surface area contributed by atoms with Crippen LogP contribution in [0.5, 0.6) is 11.5 Å². The molecule has 2 heterocycles. The standard InChI is InChI=1S/C19H22N4O5S/c1-13(24)28-16-4-3-14(9-17(16)26-2)11-20-22-18(25)10-15-12-29-19(21-15)23-5-7-27-8-6-23/h3-4,9,11-12H,5-8,10H2,1-2H3,(H,22,25)/b20-11-. The molecule has 1 saturated heterocycles. The molecule has 0 spiro atoms. The van der Waals surface area contributed by atoms with E-state index in [0.717, 1.165) is 18.2 Å². The molecule has 2 aromatic rings. The number of methoxy groups -OCH3 is 1. The lowest BCUT2D eigenvalue weighted by atomic mass is 10.2. The predicted molar refractivity (Wildman–Crippen MR) is 109 cm³/mol. The fourth-order valence-electron chi connectivity index (χ4n) is 2.66. The average molecular weight is 418 g/mol. The number of aromatic nitrogens is 1. The Hall–Kier alpha value is -2.98. The van der Waals surface area contributed by atoms with Crippen molar-refractivity contribution in [3.63, 3.8) is 0 Å². The van der Waals surface area contributed by atoms with Crippen LogP contribution in [-0.4, -0.2) is 56.5 Å². The van der Waals surface area contributed by atoms with Crippen molar-refractivity contribution in [2.45, 2.75) is 13.3 Å². The molecule has 0 unspecified atom stereocenters. The van der Waals surface area contributed by atoms with Gasteiger partial charge in [-0.2, -0.15) is 5.10 Å². The first kappa shape index (κ1) is 20.7. The molecule has 1 N–H and O–H groups in total. The molecule has 0 bridgehead atoms. The Bertz CT molecular complexity index is 892. The summed E-state index contributed by atoms with van der Waals surface area (Å²) in [6, 6.07) is 4.96. The highest BCUT2D eigenvalue weighted by atomic mass is 32.1. The maximum Gasteiger partial charge on any atom is 0.308 e. The average Bonchev–Trinajstić information content (AvgIpc) is 3.17. The van der Waals surface area contributed by atoms with E-state index in [1.807, 2.05) is 5.38 Å². The largest absolute Gasteiger partial charge is 0.493 e. The Morgan fingerprint density at radius 3 is 2.86 bits per heavy atom. The number of carbonyl (C=O) groups excluding carboxylic acids is 2. The molecule has 9 nitrogen and oxygen atoms in total. The van der Waals surface area contributed by atoms with Crippen LogP contribution in [0.25, 0.3) is 0 Å². The second-order valence-corrected chi connectivity index (χ2v) is 7.03.